The summed E-state index contributed by atoms with van der Waals surface area (Å²) in [5.74, 6) is 0. The van der Waals surface area contributed by atoms with Crippen LogP contribution in [0.2, 0.25) is 0 Å². The van der Waals surface area contributed by atoms with E-state index in [2.05, 4.69) is 42.5 Å². The van der Waals surface area contributed by atoms with Crippen molar-refractivity contribution in [3.8, 4) is 11.3 Å². The molecule has 0 saturated heterocycles. The van der Waals surface area contributed by atoms with Crippen molar-refractivity contribution in [1.82, 2.24) is 9.55 Å². The zero-order chi connectivity index (χ0) is 13.3. The summed E-state index contributed by atoms with van der Waals surface area (Å²) in [7, 11) is 2.03. The lowest BCUT2D eigenvalue weighted by Gasteiger charge is -2.11. The third-order valence-corrected chi connectivity index (χ3v) is 3.75. The first-order valence-corrected chi connectivity index (χ1v) is 6.33. The zero-order valence-corrected chi connectivity index (χ0v) is 11.6. The van der Waals surface area contributed by atoms with Crippen molar-refractivity contribution in [1.29, 1.82) is 0 Å². The molecule has 0 saturated carbocycles. The number of aromatic nitrogens is 2. The van der Waals surface area contributed by atoms with Crippen LogP contribution in [-0.4, -0.2) is 16.1 Å². The van der Waals surface area contributed by atoms with Crippen molar-refractivity contribution < 1.29 is 0 Å². The van der Waals surface area contributed by atoms with Gasteiger partial charge in [0.15, 0.2) is 0 Å². The van der Waals surface area contributed by atoms with E-state index in [0.29, 0.717) is 6.54 Å². The molecule has 2 aromatic rings. The van der Waals surface area contributed by atoms with Gasteiger partial charge in [-0.15, -0.1) is 0 Å². The minimum absolute atomic E-state index is 0.649. The number of hydrogen-bond donors (Lipinski definition) is 1. The highest BCUT2D eigenvalue weighted by molar-refractivity contribution is 5.68. The number of nitrogens with zero attached hydrogens (tertiary/aromatic N) is 2. The van der Waals surface area contributed by atoms with Crippen LogP contribution in [0.25, 0.3) is 11.3 Å². The number of rotatable bonds is 3. The summed E-state index contributed by atoms with van der Waals surface area (Å²) in [5, 5.41) is 0. The molecule has 1 heterocycles. The molecule has 1 aromatic carbocycles. The summed E-state index contributed by atoms with van der Waals surface area (Å²) in [6, 6.07) is 4.33. The van der Waals surface area contributed by atoms with Crippen molar-refractivity contribution in [3.05, 3.63) is 40.8 Å². The fraction of sp³-hybridized carbons (Fsp3) is 0.400. The van der Waals surface area contributed by atoms with Crippen LogP contribution in [0, 0.1) is 20.8 Å². The van der Waals surface area contributed by atoms with Crippen LogP contribution in [0.5, 0.6) is 0 Å². The highest BCUT2D eigenvalue weighted by Crippen LogP contribution is 2.28. The Hall–Kier alpha value is -1.61. The Bertz CT molecular complexity index is 567. The smallest absolute Gasteiger partial charge is 0.0953 e. The van der Waals surface area contributed by atoms with E-state index in [1.165, 1.54) is 27.9 Å². The summed E-state index contributed by atoms with van der Waals surface area (Å²) in [4.78, 5) is 4.54. The van der Waals surface area contributed by atoms with Gasteiger partial charge >= 0.3 is 0 Å². The van der Waals surface area contributed by atoms with Crippen LogP contribution in [-0.2, 0) is 13.5 Å². The largest absolute Gasteiger partial charge is 0.337 e. The average Bonchev–Trinajstić information content (AvgIpc) is 2.70. The first-order chi connectivity index (χ1) is 8.56. The van der Waals surface area contributed by atoms with Gasteiger partial charge in [-0.25, -0.2) is 4.98 Å². The van der Waals surface area contributed by atoms with Crippen LogP contribution in [0.15, 0.2) is 18.5 Å². The maximum Gasteiger partial charge on any atom is 0.0953 e. The van der Waals surface area contributed by atoms with E-state index < -0.39 is 0 Å². The molecule has 0 aliphatic carbocycles. The lowest BCUT2D eigenvalue weighted by Crippen LogP contribution is -2.07. The lowest BCUT2D eigenvalue weighted by atomic mass is 9.96. The third kappa shape index (κ3) is 2.06. The molecule has 3 heteroatoms. The van der Waals surface area contributed by atoms with Gasteiger partial charge in [0.2, 0.25) is 0 Å². The first-order valence-electron chi connectivity index (χ1n) is 6.33. The van der Waals surface area contributed by atoms with Crippen LogP contribution in [0.4, 0.5) is 0 Å². The van der Waals surface area contributed by atoms with Crippen molar-refractivity contribution >= 4 is 0 Å². The van der Waals surface area contributed by atoms with E-state index in [4.69, 9.17) is 5.73 Å². The highest BCUT2D eigenvalue weighted by Gasteiger charge is 2.13. The van der Waals surface area contributed by atoms with Gasteiger partial charge in [0.05, 0.1) is 12.0 Å². The standard InChI is InChI=1S/C15H21N3/c1-10-5-6-13(12(3)11(10)2)15-14(7-8-16)18(4)9-17-15/h5-6,9H,7-8,16H2,1-4H3. The summed E-state index contributed by atoms with van der Waals surface area (Å²) >= 11 is 0. The molecule has 0 bridgehead atoms. The van der Waals surface area contributed by atoms with Crippen LogP contribution in [0.3, 0.4) is 0 Å². The SMILES string of the molecule is Cc1ccc(-c2ncn(C)c2CCN)c(C)c1C. The monoisotopic (exact) mass is 243 g/mol. The third-order valence-electron chi connectivity index (χ3n) is 3.75. The second kappa shape index (κ2) is 4.94. The van der Waals surface area contributed by atoms with E-state index in [9.17, 15) is 0 Å². The van der Waals surface area contributed by atoms with E-state index in [1.54, 1.807) is 0 Å². The van der Waals surface area contributed by atoms with Gasteiger partial charge in [-0.3, -0.25) is 0 Å². The second-order valence-electron chi connectivity index (χ2n) is 4.87. The molecule has 0 unspecified atom stereocenters. The summed E-state index contributed by atoms with van der Waals surface area (Å²) in [5.41, 5.74) is 13.2. The number of nitrogens with two attached hydrogens (primary N) is 1. The van der Waals surface area contributed by atoms with Gasteiger partial charge in [0.25, 0.3) is 0 Å². The molecule has 0 aliphatic heterocycles. The molecule has 1 aromatic heterocycles. The van der Waals surface area contributed by atoms with E-state index >= 15 is 0 Å². The minimum atomic E-state index is 0.649. The number of hydrogen-bond acceptors (Lipinski definition) is 2. The molecule has 96 valence electrons. The van der Waals surface area contributed by atoms with Crippen LogP contribution in [0.1, 0.15) is 22.4 Å². The van der Waals surface area contributed by atoms with Crippen molar-refractivity contribution in [2.24, 2.45) is 12.8 Å². The van der Waals surface area contributed by atoms with E-state index in [-0.39, 0.29) is 0 Å². The fourth-order valence-electron chi connectivity index (χ4n) is 2.32. The molecular formula is C15H21N3. The normalized spacial score (nSPS) is 10.9. The molecule has 0 amide bonds. The molecule has 0 fully saturated rings. The number of imidazole rings is 1. The molecule has 2 N–H and O–H groups in total. The topological polar surface area (TPSA) is 43.8 Å². The summed E-state index contributed by atoms with van der Waals surface area (Å²) in [6.45, 7) is 7.13. The van der Waals surface area contributed by atoms with Gasteiger partial charge < -0.3 is 10.3 Å². The molecule has 18 heavy (non-hydrogen) atoms. The Morgan fingerprint density at radius 2 is 1.89 bits per heavy atom. The van der Waals surface area contributed by atoms with Gasteiger partial charge in [-0.2, -0.15) is 0 Å². The predicted molar refractivity (Wildman–Crippen MR) is 75.6 cm³/mol. The van der Waals surface area contributed by atoms with Gasteiger partial charge in [-0.1, -0.05) is 12.1 Å². The lowest BCUT2D eigenvalue weighted by molar-refractivity contribution is 0.805. The molecule has 0 atom stereocenters. The fourth-order valence-corrected chi connectivity index (χ4v) is 2.32. The first kappa shape index (κ1) is 12.8. The van der Waals surface area contributed by atoms with E-state index in [0.717, 1.165) is 12.1 Å². The predicted octanol–water partition coefficient (Wildman–Crippen LogP) is 2.51. The maximum atomic E-state index is 5.69. The van der Waals surface area contributed by atoms with Gasteiger partial charge in [0.1, 0.15) is 0 Å². The molecule has 3 nitrogen and oxygen atoms in total. The summed E-state index contributed by atoms with van der Waals surface area (Å²) < 4.78 is 2.07. The average molecular weight is 243 g/mol. The Morgan fingerprint density at radius 3 is 2.56 bits per heavy atom. The summed E-state index contributed by atoms with van der Waals surface area (Å²) in [6.07, 6.45) is 2.73. The van der Waals surface area contributed by atoms with Gasteiger partial charge in [-0.05, 0) is 44.0 Å². The van der Waals surface area contributed by atoms with Crippen molar-refractivity contribution in [3.63, 3.8) is 0 Å². The van der Waals surface area contributed by atoms with Crippen molar-refractivity contribution in [2.45, 2.75) is 27.2 Å². The molecule has 0 aliphatic rings. The van der Waals surface area contributed by atoms with Gasteiger partial charge in [0, 0.05) is 24.7 Å². The molecule has 2 rings (SSSR count). The zero-order valence-electron chi connectivity index (χ0n) is 11.6. The second-order valence-corrected chi connectivity index (χ2v) is 4.87. The van der Waals surface area contributed by atoms with E-state index in [1.807, 2.05) is 13.4 Å². The highest BCUT2D eigenvalue weighted by atomic mass is 15.0. The maximum absolute atomic E-state index is 5.69. The molecular weight excluding hydrogens is 222 g/mol. The van der Waals surface area contributed by atoms with Crippen LogP contribution < -0.4 is 5.73 Å². The molecule has 0 spiro atoms. The van der Waals surface area contributed by atoms with Crippen molar-refractivity contribution in [2.75, 3.05) is 6.54 Å². The Morgan fingerprint density at radius 1 is 1.17 bits per heavy atom. The minimum Gasteiger partial charge on any atom is -0.337 e. The Labute approximate surface area is 109 Å². The Kier molecular flexibility index (Phi) is 3.53. The quantitative estimate of drug-likeness (QED) is 0.900. The molecule has 0 radical (unpaired) electrons. The van der Waals surface area contributed by atoms with Crippen LogP contribution >= 0.6 is 0 Å². The Balaban J connectivity index is 2.59. The number of aryl methyl sites for hydroxylation is 2. The number of benzene rings is 1.